The van der Waals surface area contributed by atoms with Crippen LogP contribution in [-0.4, -0.2) is 31.9 Å². The molecule has 7 heteroatoms. The molecule has 0 bridgehead atoms. The van der Waals surface area contributed by atoms with Crippen LogP contribution in [0.5, 0.6) is 17.2 Å². The van der Waals surface area contributed by atoms with E-state index in [4.69, 9.17) is 14.2 Å². The molecule has 0 saturated heterocycles. The number of amides is 1. The number of carbonyl (C=O) groups excluding carboxylic acids is 1. The zero-order valence-electron chi connectivity index (χ0n) is 17.0. The minimum atomic E-state index is -0.697. The molecule has 0 aliphatic heterocycles. The first-order valence-corrected chi connectivity index (χ1v) is 10.4. The fourth-order valence-corrected chi connectivity index (χ4v) is 2.77. The van der Waals surface area contributed by atoms with Crippen LogP contribution in [0.25, 0.3) is 0 Å². The topological polar surface area (TPSA) is 69.2 Å². The van der Waals surface area contributed by atoms with Crippen molar-refractivity contribution in [2.45, 2.75) is 39.2 Å². The first-order valence-electron chi connectivity index (χ1n) is 9.59. The van der Waals surface area contributed by atoms with Gasteiger partial charge in [0.05, 0.1) is 19.9 Å². The van der Waals surface area contributed by atoms with Crippen LogP contribution in [0.3, 0.4) is 0 Å². The van der Waals surface area contributed by atoms with Crippen LogP contribution in [-0.2, 0) is 4.79 Å². The third-order valence-corrected chi connectivity index (χ3v) is 4.83. The zero-order valence-corrected chi connectivity index (χ0v) is 18.6. The summed E-state index contributed by atoms with van der Waals surface area (Å²) < 4.78 is 17.4. The maximum Gasteiger partial charge on any atom is 0.280 e. The molecule has 0 heterocycles. The molecule has 0 spiro atoms. The third-order valence-electron chi connectivity index (χ3n) is 4.10. The van der Waals surface area contributed by atoms with Crippen LogP contribution in [0.1, 0.15) is 38.7 Å². The minimum absolute atomic E-state index is 0.347. The van der Waals surface area contributed by atoms with Crippen LogP contribution >= 0.6 is 15.9 Å². The van der Waals surface area contributed by atoms with Gasteiger partial charge in [0.15, 0.2) is 6.10 Å². The summed E-state index contributed by atoms with van der Waals surface area (Å²) in [4.78, 5) is 12.2. The summed E-state index contributed by atoms with van der Waals surface area (Å²) in [6, 6.07) is 12.7. The molecule has 0 fully saturated rings. The molecule has 0 aliphatic rings. The highest BCUT2D eigenvalue weighted by molar-refractivity contribution is 9.10. The monoisotopic (exact) mass is 462 g/mol. The molecule has 6 nitrogen and oxygen atoms in total. The summed E-state index contributed by atoms with van der Waals surface area (Å²) in [6.07, 6.45) is 4.21. The number of hydrazone groups is 1. The molecule has 0 aliphatic carbocycles. The first kappa shape index (κ1) is 22.7. The van der Waals surface area contributed by atoms with E-state index < -0.39 is 6.10 Å². The van der Waals surface area contributed by atoms with Gasteiger partial charge in [0, 0.05) is 10.0 Å². The van der Waals surface area contributed by atoms with E-state index in [1.165, 1.54) is 0 Å². The van der Waals surface area contributed by atoms with Gasteiger partial charge in [0.25, 0.3) is 5.91 Å². The molecule has 0 radical (unpaired) electrons. The van der Waals surface area contributed by atoms with Crippen molar-refractivity contribution < 1.29 is 19.0 Å². The van der Waals surface area contributed by atoms with E-state index in [0.29, 0.717) is 18.1 Å². The maximum absolute atomic E-state index is 12.2. The van der Waals surface area contributed by atoms with E-state index in [0.717, 1.165) is 35.0 Å². The van der Waals surface area contributed by atoms with Crippen molar-refractivity contribution in [3.05, 3.63) is 52.5 Å². The van der Waals surface area contributed by atoms with E-state index in [9.17, 15) is 4.79 Å². The Labute approximate surface area is 180 Å². The molecule has 156 valence electrons. The quantitative estimate of drug-likeness (QED) is 0.291. The number of hydrogen-bond donors (Lipinski definition) is 1. The number of halogens is 1. The fourth-order valence-electron chi connectivity index (χ4n) is 2.42. The number of nitrogens with one attached hydrogen (secondary N) is 1. The lowest BCUT2D eigenvalue weighted by Gasteiger charge is -2.13. The Bertz CT molecular complexity index is 809. The van der Waals surface area contributed by atoms with Crippen LogP contribution in [0, 0.1) is 0 Å². The number of hydrogen-bond acceptors (Lipinski definition) is 5. The van der Waals surface area contributed by atoms with Crippen molar-refractivity contribution in [2.75, 3.05) is 13.7 Å². The smallest absolute Gasteiger partial charge is 0.280 e. The number of carbonyl (C=O) groups is 1. The Hall–Kier alpha value is -2.54. The van der Waals surface area contributed by atoms with Crippen molar-refractivity contribution in [3.8, 4) is 17.2 Å². The standard InChI is InChI=1S/C22H27BrN2O4/c1-4-5-6-13-28-18-7-9-19(10-8-18)29-16(2)22(26)25-24-15-17-14-20(27-3)11-12-21(17)23/h7-12,14-16H,4-6,13H2,1-3H3,(H,25,26). The molecular formula is C22H27BrN2O4. The number of unbranched alkanes of at least 4 members (excludes halogenated alkanes) is 2. The Morgan fingerprint density at radius 2 is 1.83 bits per heavy atom. The summed E-state index contributed by atoms with van der Waals surface area (Å²) in [6.45, 7) is 4.53. The van der Waals surface area contributed by atoms with Gasteiger partial charge in [0.2, 0.25) is 0 Å². The Balaban J connectivity index is 1.82. The van der Waals surface area contributed by atoms with Crippen molar-refractivity contribution in [1.82, 2.24) is 5.43 Å². The predicted octanol–water partition coefficient (Wildman–Crippen LogP) is 4.94. The lowest BCUT2D eigenvalue weighted by atomic mass is 10.2. The van der Waals surface area contributed by atoms with Gasteiger partial charge in [-0.25, -0.2) is 5.43 Å². The molecule has 1 N–H and O–H groups in total. The molecule has 2 aromatic carbocycles. The molecule has 1 amide bonds. The van der Waals surface area contributed by atoms with Gasteiger partial charge in [-0.05, 0) is 55.8 Å². The van der Waals surface area contributed by atoms with Crippen molar-refractivity contribution in [3.63, 3.8) is 0 Å². The second-order valence-corrected chi connectivity index (χ2v) is 7.26. The number of nitrogens with zero attached hydrogens (tertiary/aromatic N) is 1. The summed E-state index contributed by atoms with van der Waals surface area (Å²) in [7, 11) is 1.59. The van der Waals surface area contributed by atoms with Gasteiger partial charge >= 0.3 is 0 Å². The van der Waals surface area contributed by atoms with Gasteiger partial charge in [-0.3, -0.25) is 4.79 Å². The third kappa shape index (κ3) is 7.77. The number of rotatable bonds is 11. The molecule has 1 atom stereocenters. The molecule has 29 heavy (non-hydrogen) atoms. The van der Waals surface area contributed by atoms with Gasteiger partial charge in [0.1, 0.15) is 17.2 Å². The van der Waals surface area contributed by atoms with E-state index in [2.05, 4.69) is 33.4 Å². The lowest BCUT2D eigenvalue weighted by Crippen LogP contribution is -2.33. The fraction of sp³-hybridized carbons (Fsp3) is 0.364. The van der Waals surface area contributed by atoms with Crippen molar-refractivity contribution in [2.24, 2.45) is 5.10 Å². The molecule has 0 aromatic heterocycles. The van der Waals surface area contributed by atoms with Crippen LogP contribution in [0.4, 0.5) is 0 Å². The summed E-state index contributed by atoms with van der Waals surface area (Å²) >= 11 is 3.43. The summed E-state index contributed by atoms with van der Waals surface area (Å²) in [5.74, 6) is 1.74. The maximum atomic E-state index is 12.2. The summed E-state index contributed by atoms with van der Waals surface area (Å²) in [5.41, 5.74) is 3.27. The highest BCUT2D eigenvalue weighted by atomic mass is 79.9. The molecule has 0 saturated carbocycles. The zero-order chi connectivity index (χ0) is 21.1. The highest BCUT2D eigenvalue weighted by Crippen LogP contribution is 2.21. The second kappa shape index (κ2) is 12.1. The Morgan fingerprint density at radius 3 is 2.52 bits per heavy atom. The van der Waals surface area contributed by atoms with Crippen molar-refractivity contribution >= 4 is 28.1 Å². The summed E-state index contributed by atoms with van der Waals surface area (Å²) in [5, 5.41) is 3.99. The van der Waals surface area contributed by atoms with E-state index in [-0.39, 0.29) is 5.91 Å². The Kier molecular flexibility index (Phi) is 9.50. The van der Waals surface area contributed by atoms with E-state index in [1.54, 1.807) is 32.4 Å². The highest BCUT2D eigenvalue weighted by Gasteiger charge is 2.14. The molecular weight excluding hydrogens is 436 g/mol. The number of ether oxygens (including phenoxy) is 3. The minimum Gasteiger partial charge on any atom is -0.497 e. The van der Waals surface area contributed by atoms with Crippen LogP contribution in [0.2, 0.25) is 0 Å². The van der Waals surface area contributed by atoms with E-state index in [1.807, 2.05) is 30.3 Å². The first-order chi connectivity index (χ1) is 14.0. The van der Waals surface area contributed by atoms with Gasteiger partial charge in [-0.2, -0.15) is 5.10 Å². The van der Waals surface area contributed by atoms with Crippen LogP contribution < -0.4 is 19.6 Å². The largest absolute Gasteiger partial charge is 0.497 e. The second-order valence-electron chi connectivity index (χ2n) is 6.41. The van der Waals surface area contributed by atoms with Crippen molar-refractivity contribution in [1.29, 1.82) is 0 Å². The normalized spacial score (nSPS) is 11.9. The van der Waals surface area contributed by atoms with Gasteiger partial charge in [-0.15, -0.1) is 0 Å². The number of benzene rings is 2. The average Bonchev–Trinajstić information content (AvgIpc) is 2.73. The molecule has 2 rings (SSSR count). The number of methoxy groups -OCH3 is 1. The molecule has 2 aromatic rings. The Morgan fingerprint density at radius 1 is 1.14 bits per heavy atom. The SMILES string of the molecule is CCCCCOc1ccc(OC(C)C(=O)NN=Cc2cc(OC)ccc2Br)cc1. The average molecular weight is 463 g/mol. The van der Waals surface area contributed by atoms with Crippen LogP contribution in [0.15, 0.2) is 52.0 Å². The van der Waals surface area contributed by atoms with Gasteiger partial charge < -0.3 is 14.2 Å². The predicted molar refractivity (Wildman–Crippen MR) is 118 cm³/mol. The van der Waals surface area contributed by atoms with E-state index >= 15 is 0 Å². The lowest BCUT2D eigenvalue weighted by molar-refractivity contribution is -0.127. The van der Waals surface area contributed by atoms with Gasteiger partial charge in [-0.1, -0.05) is 35.7 Å². The molecule has 1 unspecified atom stereocenters.